The van der Waals surface area contributed by atoms with Crippen molar-refractivity contribution in [3.8, 4) is 0 Å². The maximum absolute atomic E-state index is 13.1. The number of hydrogen-bond acceptors (Lipinski definition) is 3. The van der Waals surface area contributed by atoms with Gasteiger partial charge in [0.25, 0.3) is 15.9 Å². The molecule has 1 atom stereocenters. The lowest BCUT2D eigenvalue weighted by Gasteiger charge is -2.21. The Labute approximate surface area is 203 Å². The fourth-order valence-corrected chi connectivity index (χ4v) is 5.22. The van der Waals surface area contributed by atoms with Gasteiger partial charge in [-0.1, -0.05) is 57.2 Å². The monoisotopic (exact) mass is 478 g/mol. The first-order valence-electron chi connectivity index (χ1n) is 11.4. The quantitative estimate of drug-likeness (QED) is 0.443. The Morgan fingerprint density at radius 1 is 0.853 bits per heavy atom. The second-order valence-electron chi connectivity index (χ2n) is 10.0. The van der Waals surface area contributed by atoms with Crippen LogP contribution in [-0.2, 0) is 15.4 Å². The van der Waals surface area contributed by atoms with Crippen LogP contribution in [0.25, 0.3) is 0 Å². The summed E-state index contributed by atoms with van der Waals surface area (Å²) in [5, 5.41) is 2.98. The molecule has 1 amide bonds. The SMILES string of the molecule is Cc1cc(C)cc(NS(=O)(=O)c2cc(C(=O)NC(C)c3ccc(C(C)(C)C)cc3)ccc2C)c1. The molecule has 3 rings (SSSR count). The Balaban J connectivity index is 1.81. The fraction of sp³-hybridized carbons (Fsp3) is 0.321. The Hall–Kier alpha value is -3.12. The molecule has 0 saturated carbocycles. The van der Waals surface area contributed by atoms with Crippen molar-refractivity contribution >= 4 is 21.6 Å². The standard InChI is InChI=1S/C28H34N2O3S/c1-18-14-19(2)16-25(15-18)30-34(32,33)26-17-23(9-8-20(26)3)27(31)29-21(4)22-10-12-24(13-11-22)28(5,6)7/h8-17,21,30H,1-7H3,(H,29,31). The topological polar surface area (TPSA) is 75.3 Å². The van der Waals surface area contributed by atoms with Crippen molar-refractivity contribution in [1.29, 1.82) is 0 Å². The molecule has 180 valence electrons. The highest BCUT2D eigenvalue weighted by atomic mass is 32.2. The minimum Gasteiger partial charge on any atom is -0.346 e. The number of carbonyl (C=O) groups is 1. The summed E-state index contributed by atoms with van der Waals surface area (Å²) in [6.45, 7) is 13.9. The first kappa shape index (κ1) is 25.5. The van der Waals surface area contributed by atoms with Gasteiger partial charge in [0.05, 0.1) is 10.9 Å². The molecule has 34 heavy (non-hydrogen) atoms. The van der Waals surface area contributed by atoms with Gasteiger partial charge in [-0.15, -0.1) is 0 Å². The van der Waals surface area contributed by atoms with E-state index in [0.29, 0.717) is 16.8 Å². The molecular formula is C28H34N2O3S. The van der Waals surface area contributed by atoms with Crippen LogP contribution in [0, 0.1) is 20.8 Å². The van der Waals surface area contributed by atoms with Crippen molar-refractivity contribution in [2.45, 2.75) is 64.8 Å². The second kappa shape index (κ2) is 9.63. The molecule has 2 N–H and O–H groups in total. The third kappa shape index (κ3) is 6.06. The summed E-state index contributed by atoms with van der Waals surface area (Å²) in [4.78, 5) is 13.1. The summed E-state index contributed by atoms with van der Waals surface area (Å²) >= 11 is 0. The minimum atomic E-state index is -3.86. The molecule has 0 aliphatic carbocycles. The van der Waals surface area contributed by atoms with Gasteiger partial charge in [-0.05, 0) is 85.2 Å². The molecule has 5 nitrogen and oxygen atoms in total. The number of benzene rings is 3. The summed E-state index contributed by atoms with van der Waals surface area (Å²) < 4.78 is 28.9. The summed E-state index contributed by atoms with van der Waals surface area (Å²) in [7, 11) is -3.86. The van der Waals surface area contributed by atoms with Crippen LogP contribution in [0.1, 0.15) is 71.9 Å². The molecule has 3 aromatic rings. The number of anilines is 1. The molecule has 0 aliphatic rings. The number of carbonyl (C=O) groups excluding carboxylic acids is 1. The van der Waals surface area contributed by atoms with E-state index in [1.165, 1.54) is 11.6 Å². The van der Waals surface area contributed by atoms with Crippen molar-refractivity contribution in [2.75, 3.05) is 4.72 Å². The summed E-state index contributed by atoms with van der Waals surface area (Å²) in [5.74, 6) is -0.324. The summed E-state index contributed by atoms with van der Waals surface area (Å²) in [6.07, 6.45) is 0. The van der Waals surface area contributed by atoms with Crippen molar-refractivity contribution < 1.29 is 13.2 Å². The normalized spacial score (nSPS) is 12.8. The number of sulfonamides is 1. The van der Waals surface area contributed by atoms with E-state index in [2.05, 4.69) is 42.9 Å². The summed E-state index contributed by atoms with van der Waals surface area (Å²) in [5.41, 5.74) is 5.55. The van der Waals surface area contributed by atoms with Gasteiger partial charge in [0.2, 0.25) is 0 Å². The smallest absolute Gasteiger partial charge is 0.262 e. The van der Waals surface area contributed by atoms with Crippen LogP contribution in [0.3, 0.4) is 0 Å². The van der Waals surface area contributed by atoms with Crippen LogP contribution in [-0.4, -0.2) is 14.3 Å². The van der Waals surface area contributed by atoms with Crippen molar-refractivity contribution in [1.82, 2.24) is 5.32 Å². The lowest BCUT2D eigenvalue weighted by molar-refractivity contribution is 0.0939. The number of hydrogen-bond donors (Lipinski definition) is 2. The molecular weight excluding hydrogens is 444 g/mol. The fourth-order valence-electron chi connectivity index (χ4n) is 3.91. The van der Waals surface area contributed by atoms with Gasteiger partial charge in [0.15, 0.2) is 0 Å². The highest BCUT2D eigenvalue weighted by Gasteiger charge is 2.21. The van der Waals surface area contributed by atoms with Gasteiger partial charge in [-0.3, -0.25) is 9.52 Å². The average Bonchev–Trinajstić information content (AvgIpc) is 2.72. The van der Waals surface area contributed by atoms with Gasteiger partial charge in [-0.25, -0.2) is 8.42 Å². The Kier molecular flexibility index (Phi) is 7.22. The predicted octanol–water partition coefficient (Wildman–Crippen LogP) is 6.20. The zero-order valence-corrected chi connectivity index (χ0v) is 21.8. The van der Waals surface area contributed by atoms with Gasteiger partial charge in [0, 0.05) is 11.3 Å². The molecule has 0 fully saturated rings. The third-order valence-corrected chi connectivity index (χ3v) is 7.36. The lowest BCUT2D eigenvalue weighted by Crippen LogP contribution is -2.27. The number of rotatable bonds is 6. The van der Waals surface area contributed by atoms with Crippen LogP contribution in [0.5, 0.6) is 0 Å². The highest BCUT2D eigenvalue weighted by molar-refractivity contribution is 7.92. The van der Waals surface area contributed by atoms with E-state index in [1.54, 1.807) is 31.2 Å². The van der Waals surface area contributed by atoms with Gasteiger partial charge in [0.1, 0.15) is 0 Å². The molecule has 0 spiro atoms. The van der Waals surface area contributed by atoms with E-state index in [1.807, 2.05) is 39.0 Å². The summed E-state index contributed by atoms with van der Waals surface area (Å²) in [6, 6.07) is 18.2. The molecule has 0 aliphatic heterocycles. The van der Waals surface area contributed by atoms with E-state index in [-0.39, 0.29) is 22.3 Å². The first-order valence-corrected chi connectivity index (χ1v) is 12.9. The van der Waals surface area contributed by atoms with E-state index in [0.717, 1.165) is 16.7 Å². The average molecular weight is 479 g/mol. The minimum absolute atomic E-state index is 0.0555. The number of amides is 1. The third-order valence-electron chi connectivity index (χ3n) is 5.84. The van der Waals surface area contributed by atoms with Crippen LogP contribution < -0.4 is 10.0 Å². The molecule has 0 aromatic heterocycles. The van der Waals surface area contributed by atoms with Crippen molar-refractivity contribution in [3.05, 3.63) is 94.0 Å². The molecule has 3 aromatic carbocycles. The van der Waals surface area contributed by atoms with E-state index in [9.17, 15) is 13.2 Å². The Bertz CT molecular complexity index is 1280. The van der Waals surface area contributed by atoms with E-state index in [4.69, 9.17) is 0 Å². The van der Waals surface area contributed by atoms with Crippen molar-refractivity contribution in [2.24, 2.45) is 0 Å². The largest absolute Gasteiger partial charge is 0.346 e. The highest BCUT2D eigenvalue weighted by Crippen LogP contribution is 2.25. The molecule has 0 bridgehead atoms. The lowest BCUT2D eigenvalue weighted by atomic mass is 9.86. The zero-order valence-electron chi connectivity index (χ0n) is 21.0. The maximum Gasteiger partial charge on any atom is 0.262 e. The van der Waals surface area contributed by atoms with Gasteiger partial charge < -0.3 is 5.32 Å². The first-order chi connectivity index (χ1) is 15.8. The number of aryl methyl sites for hydroxylation is 3. The van der Waals surface area contributed by atoms with E-state index >= 15 is 0 Å². The Morgan fingerprint density at radius 2 is 1.44 bits per heavy atom. The molecule has 0 radical (unpaired) electrons. The molecule has 0 heterocycles. The zero-order chi connectivity index (χ0) is 25.3. The van der Waals surface area contributed by atoms with Gasteiger partial charge in [-0.2, -0.15) is 0 Å². The molecule has 6 heteroatoms. The maximum atomic E-state index is 13.1. The number of nitrogens with one attached hydrogen (secondary N) is 2. The van der Waals surface area contributed by atoms with Crippen molar-refractivity contribution in [3.63, 3.8) is 0 Å². The predicted molar refractivity (Wildman–Crippen MR) is 139 cm³/mol. The Morgan fingerprint density at radius 3 is 2.00 bits per heavy atom. The van der Waals surface area contributed by atoms with Crippen LogP contribution >= 0.6 is 0 Å². The van der Waals surface area contributed by atoms with Gasteiger partial charge >= 0.3 is 0 Å². The van der Waals surface area contributed by atoms with Crippen LogP contribution in [0.4, 0.5) is 5.69 Å². The molecule has 0 saturated heterocycles. The van der Waals surface area contributed by atoms with Crippen LogP contribution in [0.2, 0.25) is 0 Å². The van der Waals surface area contributed by atoms with E-state index < -0.39 is 10.0 Å². The molecule has 1 unspecified atom stereocenters. The second-order valence-corrected chi connectivity index (χ2v) is 11.7. The van der Waals surface area contributed by atoms with Crippen LogP contribution in [0.15, 0.2) is 65.6 Å².